The van der Waals surface area contributed by atoms with Gasteiger partial charge in [0.25, 0.3) is 0 Å². The fraction of sp³-hybridized carbons (Fsp3) is 0.0714. The van der Waals surface area contributed by atoms with Gasteiger partial charge in [0.2, 0.25) is 0 Å². The van der Waals surface area contributed by atoms with Crippen molar-refractivity contribution in [1.29, 1.82) is 0 Å². The first-order valence-corrected chi connectivity index (χ1v) is 5.67. The van der Waals surface area contributed by atoms with Gasteiger partial charge < -0.3 is 5.73 Å². The Morgan fingerprint density at radius 3 is 2.83 bits per heavy atom. The van der Waals surface area contributed by atoms with E-state index in [9.17, 15) is 0 Å². The summed E-state index contributed by atoms with van der Waals surface area (Å²) in [7, 11) is 0. The molecule has 0 spiro atoms. The maximum Gasteiger partial charge on any atom is 0.116 e. The lowest BCUT2D eigenvalue weighted by atomic mass is 10.0. The van der Waals surface area contributed by atoms with Gasteiger partial charge in [0.05, 0.1) is 11.9 Å². The second-order valence-electron chi connectivity index (χ2n) is 4.23. The van der Waals surface area contributed by atoms with Crippen LogP contribution in [0.25, 0.3) is 22.0 Å². The summed E-state index contributed by atoms with van der Waals surface area (Å²) in [5.74, 6) is 0. The lowest BCUT2D eigenvalue weighted by Gasteiger charge is -2.08. The SMILES string of the molecule is Cc1ccncc1-c1cc(N)c2nnccc2c1. The number of aromatic nitrogens is 3. The highest BCUT2D eigenvalue weighted by atomic mass is 15.1. The molecule has 2 aromatic heterocycles. The molecule has 0 amide bonds. The highest BCUT2D eigenvalue weighted by Gasteiger charge is 2.06. The number of benzene rings is 1. The van der Waals surface area contributed by atoms with Crippen LogP contribution in [0.3, 0.4) is 0 Å². The molecule has 3 rings (SSSR count). The summed E-state index contributed by atoms with van der Waals surface area (Å²) in [5, 5.41) is 8.89. The molecule has 2 heterocycles. The van der Waals surface area contributed by atoms with Crippen LogP contribution in [-0.2, 0) is 0 Å². The number of nitrogens with zero attached hydrogens (tertiary/aromatic N) is 3. The minimum Gasteiger partial charge on any atom is -0.397 e. The summed E-state index contributed by atoms with van der Waals surface area (Å²) in [5.41, 5.74) is 10.7. The molecule has 0 bridgehead atoms. The smallest absolute Gasteiger partial charge is 0.116 e. The number of pyridine rings is 1. The van der Waals surface area contributed by atoms with Crippen molar-refractivity contribution < 1.29 is 0 Å². The third kappa shape index (κ3) is 1.68. The first-order valence-electron chi connectivity index (χ1n) is 5.67. The fourth-order valence-electron chi connectivity index (χ4n) is 2.05. The molecule has 88 valence electrons. The lowest BCUT2D eigenvalue weighted by molar-refractivity contribution is 1.08. The van der Waals surface area contributed by atoms with Crippen LogP contribution >= 0.6 is 0 Å². The quantitative estimate of drug-likeness (QED) is 0.659. The predicted octanol–water partition coefficient (Wildman–Crippen LogP) is 2.58. The van der Waals surface area contributed by atoms with Crippen molar-refractivity contribution in [1.82, 2.24) is 15.2 Å². The zero-order chi connectivity index (χ0) is 12.5. The zero-order valence-electron chi connectivity index (χ0n) is 9.96. The molecule has 0 aliphatic rings. The molecule has 0 atom stereocenters. The van der Waals surface area contributed by atoms with Gasteiger partial charge in [-0.3, -0.25) is 4.98 Å². The Hall–Kier alpha value is -2.49. The molecule has 0 unspecified atom stereocenters. The Labute approximate surface area is 105 Å². The Kier molecular flexibility index (Phi) is 2.41. The molecule has 3 aromatic rings. The van der Waals surface area contributed by atoms with Crippen LogP contribution in [0, 0.1) is 6.92 Å². The number of hydrogen-bond donors (Lipinski definition) is 1. The summed E-state index contributed by atoms with van der Waals surface area (Å²) in [6.45, 7) is 2.06. The highest BCUT2D eigenvalue weighted by Crippen LogP contribution is 2.29. The highest BCUT2D eigenvalue weighted by molar-refractivity contribution is 5.93. The summed E-state index contributed by atoms with van der Waals surface area (Å²) in [6, 6.07) is 7.87. The maximum atomic E-state index is 6.02. The van der Waals surface area contributed by atoms with Gasteiger partial charge in [-0.25, -0.2) is 0 Å². The number of aryl methyl sites for hydroxylation is 1. The first-order chi connectivity index (χ1) is 8.75. The van der Waals surface area contributed by atoms with Gasteiger partial charge in [-0.1, -0.05) is 0 Å². The molecule has 0 saturated carbocycles. The van der Waals surface area contributed by atoms with Crippen molar-refractivity contribution in [3.05, 3.63) is 48.4 Å². The summed E-state index contributed by atoms with van der Waals surface area (Å²) >= 11 is 0. The van der Waals surface area contributed by atoms with Crippen LogP contribution in [0.5, 0.6) is 0 Å². The lowest BCUT2D eigenvalue weighted by Crippen LogP contribution is -1.93. The molecule has 4 nitrogen and oxygen atoms in total. The van der Waals surface area contributed by atoms with Crippen molar-refractivity contribution in [3.63, 3.8) is 0 Å². The number of fused-ring (bicyclic) bond motifs is 1. The Morgan fingerprint density at radius 1 is 1.11 bits per heavy atom. The van der Waals surface area contributed by atoms with Gasteiger partial charge in [-0.15, -0.1) is 5.10 Å². The number of rotatable bonds is 1. The van der Waals surface area contributed by atoms with Crippen molar-refractivity contribution in [3.8, 4) is 11.1 Å². The molecule has 1 aromatic carbocycles. The van der Waals surface area contributed by atoms with E-state index >= 15 is 0 Å². The van der Waals surface area contributed by atoms with Crippen molar-refractivity contribution >= 4 is 16.6 Å². The monoisotopic (exact) mass is 236 g/mol. The largest absolute Gasteiger partial charge is 0.397 e. The van der Waals surface area contributed by atoms with Crippen LogP contribution in [0.1, 0.15) is 5.56 Å². The standard InChI is InChI=1S/C14H12N4/c1-9-2-4-16-8-12(9)11-6-10-3-5-17-18-14(10)13(15)7-11/h2-8H,15H2,1H3. The Morgan fingerprint density at radius 2 is 2.00 bits per heavy atom. The maximum absolute atomic E-state index is 6.02. The Balaban J connectivity index is 2.28. The van der Waals surface area contributed by atoms with Gasteiger partial charge in [0.15, 0.2) is 0 Å². The van der Waals surface area contributed by atoms with Crippen molar-refractivity contribution in [2.45, 2.75) is 6.92 Å². The van der Waals surface area contributed by atoms with E-state index in [0.29, 0.717) is 5.69 Å². The molecule has 2 N–H and O–H groups in total. The van der Waals surface area contributed by atoms with Crippen LogP contribution in [0.4, 0.5) is 5.69 Å². The minimum atomic E-state index is 0.638. The van der Waals surface area contributed by atoms with E-state index in [4.69, 9.17) is 5.73 Å². The minimum absolute atomic E-state index is 0.638. The molecular formula is C14H12N4. The van der Waals surface area contributed by atoms with Crippen molar-refractivity contribution in [2.24, 2.45) is 0 Å². The van der Waals surface area contributed by atoms with Gasteiger partial charge in [0, 0.05) is 23.3 Å². The normalized spacial score (nSPS) is 10.7. The van der Waals surface area contributed by atoms with E-state index in [1.807, 2.05) is 24.4 Å². The average Bonchev–Trinajstić information content (AvgIpc) is 2.39. The van der Waals surface area contributed by atoms with E-state index < -0.39 is 0 Å². The molecular weight excluding hydrogens is 224 g/mol. The van der Waals surface area contributed by atoms with E-state index in [0.717, 1.165) is 22.0 Å². The second-order valence-corrected chi connectivity index (χ2v) is 4.23. The fourth-order valence-corrected chi connectivity index (χ4v) is 2.05. The predicted molar refractivity (Wildman–Crippen MR) is 71.9 cm³/mol. The molecule has 18 heavy (non-hydrogen) atoms. The van der Waals surface area contributed by atoms with Gasteiger partial charge in [0.1, 0.15) is 5.52 Å². The van der Waals surface area contributed by atoms with Crippen LogP contribution in [0.15, 0.2) is 42.9 Å². The Bertz CT molecular complexity index is 722. The topological polar surface area (TPSA) is 64.7 Å². The van der Waals surface area contributed by atoms with Gasteiger partial charge in [-0.2, -0.15) is 5.10 Å². The summed E-state index contributed by atoms with van der Waals surface area (Å²) in [4.78, 5) is 4.16. The zero-order valence-corrected chi connectivity index (χ0v) is 9.96. The van der Waals surface area contributed by atoms with Crippen LogP contribution in [0.2, 0.25) is 0 Å². The second kappa shape index (κ2) is 4.07. The number of anilines is 1. The molecule has 0 radical (unpaired) electrons. The number of nitrogens with two attached hydrogens (primary N) is 1. The van der Waals surface area contributed by atoms with Crippen LogP contribution < -0.4 is 5.73 Å². The number of nitrogen functional groups attached to an aromatic ring is 1. The molecule has 0 fully saturated rings. The molecule has 0 aliphatic carbocycles. The summed E-state index contributed by atoms with van der Waals surface area (Å²) < 4.78 is 0. The van der Waals surface area contributed by atoms with E-state index in [1.165, 1.54) is 5.56 Å². The first kappa shape index (κ1) is 10.7. The van der Waals surface area contributed by atoms with E-state index in [2.05, 4.69) is 28.2 Å². The van der Waals surface area contributed by atoms with Crippen molar-refractivity contribution in [2.75, 3.05) is 5.73 Å². The number of hydrogen-bond acceptors (Lipinski definition) is 4. The van der Waals surface area contributed by atoms with E-state index in [-0.39, 0.29) is 0 Å². The van der Waals surface area contributed by atoms with E-state index in [1.54, 1.807) is 12.4 Å². The molecule has 4 heteroatoms. The molecule has 0 saturated heterocycles. The van der Waals surface area contributed by atoms with Crippen LogP contribution in [-0.4, -0.2) is 15.2 Å². The average molecular weight is 236 g/mol. The third-order valence-corrected chi connectivity index (χ3v) is 3.00. The third-order valence-electron chi connectivity index (χ3n) is 3.00. The van der Waals surface area contributed by atoms with Gasteiger partial charge in [-0.05, 0) is 42.3 Å². The summed E-state index contributed by atoms with van der Waals surface area (Å²) in [6.07, 6.45) is 5.31. The van der Waals surface area contributed by atoms with Gasteiger partial charge >= 0.3 is 0 Å². The molecule has 0 aliphatic heterocycles.